The molecular weight excluding hydrogens is 300 g/mol. The highest BCUT2D eigenvalue weighted by atomic mass is 16.5. The van der Waals surface area contributed by atoms with Gasteiger partial charge in [-0.3, -0.25) is 0 Å². The molecule has 0 heterocycles. The molecule has 0 saturated carbocycles. The molecule has 0 bridgehead atoms. The average molecular weight is 335 g/mol. The molecular formula is C21H34O3. The van der Waals surface area contributed by atoms with E-state index in [0.717, 1.165) is 31.3 Å². The van der Waals surface area contributed by atoms with Crippen molar-refractivity contribution in [2.24, 2.45) is 5.92 Å². The van der Waals surface area contributed by atoms with E-state index in [1.807, 2.05) is 26.8 Å². The molecule has 0 fully saturated rings. The van der Waals surface area contributed by atoms with Gasteiger partial charge in [-0.25, -0.2) is 4.79 Å². The van der Waals surface area contributed by atoms with Gasteiger partial charge in [0.2, 0.25) is 0 Å². The average Bonchev–Trinajstić information content (AvgIpc) is 2.43. The van der Waals surface area contributed by atoms with Gasteiger partial charge in [-0.2, -0.15) is 0 Å². The number of hydrogen-bond donors (Lipinski definition) is 0. The van der Waals surface area contributed by atoms with Crippen LogP contribution in [0.2, 0.25) is 0 Å². The smallest absolute Gasteiger partial charge is 0.331 e. The van der Waals surface area contributed by atoms with Gasteiger partial charge in [0.15, 0.2) is 0 Å². The Morgan fingerprint density at radius 3 is 2.54 bits per heavy atom. The van der Waals surface area contributed by atoms with Crippen molar-refractivity contribution in [3.05, 3.63) is 23.8 Å². The first kappa shape index (κ1) is 22.5. The van der Waals surface area contributed by atoms with E-state index in [9.17, 15) is 4.79 Å². The third-order valence-corrected chi connectivity index (χ3v) is 3.64. The minimum atomic E-state index is -0.283. The van der Waals surface area contributed by atoms with Gasteiger partial charge in [0.05, 0.1) is 11.7 Å². The fraction of sp³-hybridized carbons (Fsp3) is 0.667. The minimum Gasteiger partial charge on any atom is -0.460 e. The molecule has 1 unspecified atom stereocenters. The molecule has 0 aromatic heterocycles. The Morgan fingerprint density at radius 2 is 1.96 bits per heavy atom. The van der Waals surface area contributed by atoms with Gasteiger partial charge in [-0.1, -0.05) is 37.8 Å². The molecule has 136 valence electrons. The number of rotatable bonds is 11. The monoisotopic (exact) mass is 334 g/mol. The maximum Gasteiger partial charge on any atom is 0.331 e. The number of terminal acetylenes is 1. The van der Waals surface area contributed by atoms with E-state index in [0.29, 0.717) is 12.5 Å². The topological polar surface area (TPSA) is 35.5 Å². The van der Waals surface area contributed by atoms with Crippen molar-refractivity contribution in [1.29, 1.82) is 0 Å². The van der Waals surface area contributed by atoms with Crippen LogP contribution in [0.3, 0.4) is 0 Å². The number of allylic oxidation sites excluding steroid dienone is 3. The van der Waals surface area contributed by atoms with Crippen LogP contribution in [-0.2, 0) is 14.3 Å². The maximum absolute atomic E-state index is 11.5. The number of esters is 1. The van der Waals surface area contributed by atoms with Gasteiger partial charge in [0, 0.05) is 6.08 Å². The Balaban J connectivity index is 4.08. The SMILES string of the molecule is C#CCOC(C)(C)CCCC(C)CC=CC(C)=CC(=O)OC(C)C. The second-order valence-electron chi connectivity index (χ2n) is 7.26. The van der Waals surface area contributed by atoms with E-state index in [-0.39, 0.29) is 17.7 Å². The quantitative estimate of drug-likeness (QED) is 0.229. The zero-order valence-corrected chi connectivity index (χ0v) is 16.2. The molecule has 0 aromatic carbocycles. The zero-order valence-electron chi connectivity index (χ0n) is 16.2. The third-order valence-electron chi connectivity index (χ3n) is 3.64. The summed E-state index contributed by atoms with van der Waals surface area (Å²) in [4.78, 5) is 11.5. The van der Waals surface area contributed by atoms with Gasteiger partial charge in [0.1, 0.15) is 6.61 Å². The summed E-state index contributed by atoms with van der Waals surface area (Å²) in [6, 6.07) is 0. The van der Waals surface area contributed by atoms with Crippen molar-refractivity contribution in [3.8, 4) is 12.3 Å². The van der Waals surface area contributed by atoms with Crippen LogP contribution in [0.1, 0.15) is 67.2 Å². The Hall–Kier alpha value is -1.53. The van der Waals surface area contributed by atoms with Crippen LogP contribution in [0.4, 0.5) is 0 Å². The molecule has 0 amide bonds. The van der Waals surface area contributed by atoms with E-state index < -0.39 is 0 Å². The van der Waals surface area contributed by atoms with Crippen molar-refractivity contribution >= 4 is 5.97 Å². The second kappa shape index (κ2) is 11.9. The Labute approximate surface area is 148 Å². The van der Waals surface area contributed by atoms with E-state index in [4.69, 9.17) is 15.9 Å². The standard InChI is InChI=1S/C21H34O3/c1-8-15-23-21(6,7)14-10-13-18(4)11-9-12-19(5)16-20(22)24-17(2)3/h1,9,12,16-18H,10-11,13-15H2,2-7H3. The van der Waals surface area contributed by atoms with Crippen LogP contribution in [0, 0.1) is 18.3 Å². The summed E-state index contributed by atoms with van der Waals surface area (Å²) < 4.78 is 10.7. The molecule has 0 aliphatic rings. The van der Waals surface area contributed by atoms with Crippen molar-refractivity contribution in [3.63, 3.8) is 0 Å². The predicted octanol–water partition coefficient (Wildman–Crippen LogP) is 5.07. The number of ether oxygens (including phenoxy) is 2. The van der Waals surface area contributed by atoms with Gasteiger partial charge in [0.25, 0.3) is 0 Å². The molecule has 0 saturated heterocycles. The van der Waals surface area contributed by atoms with Crippen LogP contribution in [0.15, 0.2) is 23.8 Å². The van der Waals surface area contributed by atoms with E-state index in [1.54, 1.807) is 0 Å². The zero-order chi connectivity index (χ0) is 18.6. The fourth-order valence-corrected chi connectivity index (χ4v) is 2.29. The number of carbonyl (C=O) groups excluding carboxylic acids is 1. The molecule has 0 spiro atoms. The Bertz CT molecular complexity index is 464. The van der Waals surface area contributed by atoms with Crippen molar-refractivity contribution in [2.45, 2.75) is 78.9 Å². The van der Waals surface area contributed by atoms with Crippen LogP contribution >= 0.6 is 0 Å². The molecule has 3 nitrogen and oxygen atoms in total. The molecule has 0 radical (unpaired) electrons. The minimum absolute atomic E-state index is 0.0839. The van der Waals surface area contributed by atoms with Gasteiger partial charge in [-0.15, -0.1) is 6.42 Å². The first-order valence-electron chi connectivity index (χ1n) is 8.79. The van der Waals surface area contributed by atoms with Crippen LogP contribution < -0.4 is 0 Å². The van der Waals surface area contributed by atoms with Crippen molar-refractivity contribution in [2.75, 3.05) is 6.61 Å². The largest absolute Gasteiger partial charge is 0.460 e. The Kier molecular flexibility index (Phi) is 11.2. The Morgan fingerprint density at radius 1 is 1.29 bits per heavy atom. The summed E-state index contributed by atoms with van der Waals surface area (Å²) in [5.41, 5.74) is 0.759. The molecule has 24 heavy (non-hydrogen) atoms. The lowest BCUT2D eigenvalue weighted by Gasteiger charge is -2.24. The molecule has 0 rings (SSSR count). The number of carbonyl (C=O) groups is 1. The fourth-order valence-electron chi connectivity index (χ4n) is 2.29. The maximum atomic E-state index is 11.5. The summed E-state index contributed by atoms with van der Waals surface area (Å²) in [5.74, 6) is 2.83. The third kappa shape index (κ3) is 13.0. The predicted molar refractivity (Wildman–Crippen MR) is 101 cm³/mol. The van der Waals surface area contributed by atoms with Gasteiger partial charge < -0.3 is 9.47 Å². The van der Waals surface area contributed by atoms with Crippen LogP contribution in [0.5, 0.6) is 0 Å². The molecule has 3 heteroatoms. The molecule has 1 atom stereocenters. The second-order valence-corrected chi connectivity index (χ2v) is 7.26. The lowest BCUT2D eigenvalue weighted by molar-refractivity contribution is -0.141. The van der Waals surface area contributed by atoms with Gasteiger partial charge in [-0.05, 0) is 59.0 Å². The van der Waals surface area contributed by atoms with Crippen LogP contribution in [-0.4, -0.2) is 24.3 Å². The molecule has 0 aromatic rings. The summed E-state index contributed by atoms with van der Waals surface area (Å²) in [6.07, 6.45) is 15.0. The summed E-state index contributed by atoms with van der Waals surface area (Å²) in [7, 11) is 0. The normalized spacial score (nSPS) is 14.0. The molecule has 0 N–H and O–H groups in total. The van der Waals surface area contributed by atoms with Gasteiger partial charge >= 0.3 is 5.97 Å². The lowest BCUT2D eigenvalue weighted by atomic mass is 9.94. The summed E-state index contributed by atoms with van der Waals surface area (Å²) in [5, 5.41) is 0. The summed E-state index contributed by atoms with van der Waals surface area (Å²) in [6.45, 7) is 12.4. The van der Waals surface area contributed by atoms with Crippen LogP contribution in [0.25, 0.3) is 0 Å². The first-order chi connectivity index (χ1) is 11.2. The van der Waals surface area contributed by atoms with E-state index >= 15 is 0 Å². The van der Waals surface area contributed by atoms with E-state index in [2.05, 4.69) is 32.8 Å². The molecule has 0 aliphatic heterocycles. The highest BCUT2D eigenvalue weighted by Crippen LogP contribution is 2.21. The van der Waals surface area contributed by atoms with Crippen molar-refractivity contribution in [1.82, 2.24) is 0 Å². The first-order valence-corrected chi connectivity index (χ1v) is 8.79. The highest BCUT2D eigenvalue weighted by Gasteiger charge is 2.17. The van der Waals surface area contributed by atoms with Crippen molar-refractivity contribution < 1.29 is 14.3 Å². The number of hydrogen-bond acceptors (Lipinski definition) is 3. The lowest BCUT2D eigenvalue weighted by Crippen LogP contribution is -2.24. The summed E-state index contributed by atoms with van der Waals surface area (Å²) >= 11 is 0. The highest BCUT2D eigenvalue weighted by molar-refractivity contribution is 5.83. The van der Waals surface area contributed by atoms with E-state index in [1.165, 1.54) is 6.08 Å². The molecule has 0 aliphatic carbocycles.